The molecule has 12 nitrogen and oxygen atoms in total. The van der Waals surface area contributed by atoms with Crippen LogP contribution in [0, 0.1) is 0 Å². The smallest absolute Gasteiger partial charge is 0.147 e. The molecule has 0 saturated heterocycles. The summed E-state index contributed by atoms with van der Waals surface area (Å²) in [6.07, 6.45) is 0. The van der Waals surface area contributed by atoms with E-state index in [0.29, 0.717) is 17.2 Å². The van der Waals surface area contributed by atoms with Crippen molar-refractivity contribution in [1.82, 2.24) is 42.2 Å². The molecule has 0 aliphatic carbocycles. The van der Waals surface area contributed by atoms with Gasteiger partial charge in [0.2, 0.25) is 0 Å². The zero-order valence-corrected chi connectivity index (χ0v) is 47.1. The summed E-state index contributed by atoms with van der Waals surface area (Å²) in [6.45, 7) is 28.3. The number of para-hydroxylation sites is 7. The maximum absolute atomic E-state index is 11.7. The SMILES string of the molecule is CC(C)(C)c1cc(-n2n3c4ccccc4n23)c(O)c(C(C)(C)C)c1.CC(C)(C)c1cccc(-n2n3c4ccccc4n23)c1O.CC(C)(c1ccccc1)c1cc(-n2n3c4ccccc4n23)c(O)c(C(C)(C)c2ccccc2)c1. The highest BCUT2D eigenvalue weighted by Gasteiger charge is 2.36. The van der Waals surface area contributed by atoms with E-state index in [9.17, 15) is 15.3 Å². The van der Waals surface area contributed by atoms with Gasteiger partial charge in [0.15, 0.2) is 0 Å². The molecule has 3 N–H and O–H groups in total. The summed E-state index contributed by atoms with van der Waals surface area (Å²) < 4.78 is 12.5. The number of hydrogen-bond donors (Lipinski definition) is 3. The minimum atomic E-state index is -0.380. The summed E-state index contributed by atoms with van der Waals surface area (Å²) in [4.78, 5) is 6.11. The van der Waals surface area contributed by atoms with Crippen LogP contribution in [0.15, 0.2) is 176 Å². The second kappa shape index (κ2) is 17.2. The zero-order chi connectivity index (χ0) is 55.2. The highest BCUT2D eigenvalue weighted by atomic mass is 16.3. The largest absolute Gasteiger partial charge is 0.505 e. The Labute approximate surface area is 454 Å². The summed E-state index contributed by atoms with van der Waals surface area (Å²) in [5.74, 6) is 1.05. The molecule has 0 unspecified atom stereocenters. The van der Waals surface area contributed by atoms with Crippen LogP contribution in [-0.2, 0) is 27.1 Å². The number of aromatic hydroxyl groups is 3. The Bertz CT molecular complexity index is 4290. The average molecular weight is 1040 g/mol. The van der Waals surface area contributed by atoms with Crippen LogP contribution < -0.4 is 0 Å². The second-order valence-corrected chi connectivity index (χ2v) is 25.3. The van der Waals surface area contributed by atoms with E-state index in [0.717, 1.165) is 44.8 Å². The van der Waals surface area contributed by atoms with Gasteiger partial charge in [0.1, 0.15) is 67.4 Å². The first kappa shape index (κ1) is 50.2. The highest BCUT2D eigenvalue weighted by Crippen LogP contribution is 2.46. The van der Waals surface area contributed by atoms with E-state index >= 15 is 0 Å². The fraction of sp³-hybridized carbons (Fsp3) is 0.273. The van der Waals surface area contributed by atoms with Gasteiger partial charge < -0.3 is 15.3 Å². The monoisotopic (exact) mass is 1040 g/mol. The molecule has 0 saturated carbocycles. The molecular weight excluding hydrogens is 967 g/mol. The molecule has 398 valence electrons. The van der Waals surface area contributed by atoms with Gasteiger partial charge >= 0.3 is 0 Å². The van der Waals surface area contributed by atoms with Gasteiger partial charge in [-0.15, -0.1) is 42.2 Å². The first-order valence-electron chi connectivity index (χ1n) is 27.1. The highest BCUT2D eigenvalue weighted by molar-refractivity contribution is 5.81. The van der Waals surface area contributed by atoms with Crippen molar-refractivity contribution in [3.63, 3.8) is 0 Å². The standard InChI is InChI=1S/C30H29N3O.C20H25N3O.C16H17N3O/c1-29(2,21-13-7-5-8-14-21)23-19-24(30(3,4)22-15-9-6-10-16-22)28(34)27(20-23)33-31-25-17-11-12-18-26(25)32(31)33;1-19(2,3)13-11-14(20(4,5)6)18(24)17(12-13)23-21-15-9-7-8-10-16(15)22(21)23;1-16(2,3)11-7-6-10-14(15(11)20)19-17-12-8-4-5-9-13(12)18(17)19/h5-20,34H,1-4H3;7-12,24H,1-6H3;4-10,20H,1-3H3. The van der Waals surface area contributed by atoms with Gasteiger partial charge in [0.05, 0.1) is 0 Å². The molecule has 14 rings (SSSR count). The van der Waals surface area contributed by atoms with E-state index in [1.807, 2.05) is 70.3 Å². The van der Waals surface area contributed by atoms with Gasteiger partial charge in [0, 0.05) is 27.5 Å². The van der Waals surface area contributed by atoms with Crippen LogP contribution in [0.25, 0.3) is 50.2 Å². The van der Waals surface area contributed by atoms with Crippen LogP contribution in [0.3, 0.4) is 0 Å². The summed E-state index contributed by atoms with van der Waals surface area (Å²) in [6, 6.07) is 60.4. The van der Waals surface area contributed by atoms with E-state index in [4.69, 9.17) is 0 Å². The Morgan fingerprint density at radius 1 is 0.256 bits per heavy atom. The predicted octanol–water partition coefficient (Wildman–Crippen LogP) is 14.9. The molecular formula is C66H71N9O3. The van der Waals surface area contributed by atoms with Gasteiger partial charge in [-0.25, -0.2) is 0 Å². The number of phenols is 3. The predicted molar refractivity (Wildman–Crippen MR) is 315 cm³/mol. The van der Waals surface area contributed by atoms with Crippen molar-refractivity contribution in [1.29, 1.82) is 0 Å². The molecule has 0 spiro atoms. The fourth-order valence-corrected chi connectivity index (χ4v) is 11.2. The number of benzene rings is 8. The number of phenolic OH excluding ortho intramolecular Hbond substituents is 3. The van der Waals surface area contributed by atoms with Gasteiger partial charge in [0.25, 0.3) is 0 Å². The third-order valence-corrected chi connectivity index (χ3v) is 16.2. The van der Waals surface area contributed by atoms with E-state index in [2.05, 4.69) is 238 Å². The average Bonchev–Trinajstić information content (AvgIpc) is 4.45. The molecule has 0 atom stereocenters. The van der Waals surface area contributed by atoms with Crippen LogP contribution in [-0.4, -0.2) is 57.5 Å². The summed E-state index contributed by atoms with van der Waals surface area (Å²) in [7, 11) is 0. The maximum Gasteiger partial charge on any atom is 0.147 e. The van der Waals surface area contributed by atoms with Crippen LogP contribution in [0.5, 0.6) is 17.2 Å². The van der Waals surface area contributed by atoms with Crippen molar-refractivity contribution >= 4 is 33.1 Å². The quantitative estimate of drug-likeness (QED) is 0.148. The van der Waals surface area contributed by atoms with Crippen LogP contribution in [0.1, 0.15) is 129 Å². The molecule has 0 bridgehead atoms. The van der Waals surface area contributed by atoms with Crippen LogP contribution in [0.2, 0.25) is 0 Å². The van der Waals surface area contributed by atoms with Gasteiger partial charge in [-0.2, -0.15) is 0 Å². The van der Waals surface area contributed by atoms with Crippen molar-refractivity contribution in [2.75, 3.05) is 0 Å². The Hall–Kier alpha value is -8.64. The van der Waals surface area contributed by atoms with Crippen molar-refractivity contribution < 1.29 is 15.3 Å². The zero-order valence-electron chi connectivity index (χ0n) is 47.1. The lowest BCUT2D eigenvalue weighted by molar-refractivity contribution is 0.441. The second-order valence-electron chi connectivity index (χ2n) is 25.3. The Morgan fingerprint density at radius 2 is 0.577 bits per heavy atom. The summed E-state index contributed by atoms with van der Waals surface area (Å²) in [5, 5.41) is 33.3. The topological polar surface area (TPSA) is 102 Å². The Morgan fingerprint density at radius 3 is 0.962 bits per heavy atom. The number of rotatable bonds is 7. The lowest BCUT2D eigenvalue weighted by atomic mass is 9.72. The number of fused-ring (bicyclic) bond motifs is 12. The van der Waals surface area contributed by atoms with Crippen LogP contribution >= 0.6 is 0 Å². The molecule has 12 heteroatoms. The third kappa shape index (κ3) is 7.85. The number of aromatic nitrogens is 9. The molecule has 0 aliphatic rings. The minimum Gasteiger partial charge on any atom is -0.505 e. The Balaban J connectivity index is 0.000000122. The molecule has 0 fully saturated rings. The first-order valence-corrected chi connectivity index (χ1v) is 27.1. The van der Waals surface area contributed by atoms with Crippen molar-refractivity contribution in [2.45, 2.75) is 117 Å². The molecule has 78 heavy (non-hydrogen) atoms. The van der Waals surface area contributed by atoms with Gasteiger partial charge in [-0.05, 0) is 93.1 Å². The number of hydrogen-bond acceptors (Lipinski definition) is 3. The van der Waals surface area contributed by atoms with Crippen molar-refractivity contribution in [3.05, 3.63) is 215 Å². The minimum absolute atomic E-state index is 0.0228. The molecule has 0 amide bonds. The molecule has 0 radical (unpaired) electrons. The normalized spacial score (nSPS) is 13.1. The number of nitrogens with zero attached hydrogens (tertiary/aromatic N) is 9. The molecule has 6 heterocycles. The Kier molecular flexibility index (Phi) is 11.1. The lowest BCUT2D eigenvalue weighted by Crippen LogP contribution is -2.24. The van der Waals surface area contributed by atoms with Gasteiger partial charge in [-0.1, -0.05) is 211 Å². The van der Waals surface area contributed by atoms with E-state index < -0.39 is 0 Å². The van der Waals surface area contributed by atoms with Gasteiger partial charge in [-0.3, -0.25) is 0 Å². The summed E-state index contributed by atoms with van der Waals surface area (Å²) in [5.41, 5.74) is 16.4. The lowest BCUT2D eigenvalue weighted by Gasteiger charge is -2.32. The molecule has 14 aromatic rings. The summed E-state index contributed by atoms with van der Waals surface area (Å²) >= 11 is 0. The van der Waals surface area contributed by atoms with E-state index in [1.54, 1.807) is 0 Å². The van der Waals surface area contributed by atoms with Crippen molar-refractivity contribution in [2.24, 2.45) is 0 Å². The maximum atomic E-state index is 11.7. The fourth-order valence-electron chi connectivity index (χ4n) is 11.2. The molecule has 8 aromatic carbocycles. The molecule has 0 aliphatic heterocycles. The van der Waals surface area contributed by atoms with Crippen molar-refractivity contribution in [3.8, 4) is 34.3 Å². The molecule has 6 aromatic heterocycles. The van der Waals surface area contributed by atoms with E-state index in [1.165, 1.54) is 44.3 Å². The third-order valence-electron chi connectivity index (χ3n) is 16.2. The van der Waals surface area contributed by atoms with E-state index in [-0.39, 0.29) is 27.1 Å². The first-order chi connectivity index (χ1) is 36.9. The van der Waals surface area contributed by atoms with Crippen LogP contribution in [0.4, 0.5) is 0 Å².